The number of piperidine rings is 1. The van der Waals surface area contributed by atoms with Gasteiger partial charge in [-0.2, -0.15) is 0 Å². The summed E-state index contributed by atoms with van der Waals surface area (Å²) in [6.07, 6.45) is 4.92. The lowest BCUT2D eigenvalue weighted by atomic mass is 10.00. The highest BCUT2D eigenvalue weighted by atomic mass is 16.2. The summed E-state index contributed by atoms with van der Waals surface area (Å²) in [5, 5.41) is 0. The fourth-order valence-electron chi connectivity index (χ4n) is 4.28. The first-order valence-electron chi connectivity index (χ1n) is 9.80. The predicted molar refractivity (Wildman–Crippen MR) is 105 cm³/mol. The number of nitrogens with one attached hydrogen (secondary N) is 2. The molecular formula is C18H27N7O3. The van der Waals surface area contributed by atoms with Gasteiger partial charge in [-0.15, -0.1) is 0 Å². The van der Waals surface area contributed by atoms with E-state index in [-0.39, 0.29) is 23.9 Å². The molecule has 28 heavy (non-hydrogen) atoms. The highest BCUT2D eigenvalue weighted by Gasteiger charge is 2.37. The van der Waals surface area contributed by atoms with Gasteiger partial charge in [0, 0.05) is 6.54 Å². The zero-order valence-electron chi connectivity index (χ0n) is 16.5. The second-order valence-electron chi connectivity index (χ2n) is 6.96. The Kier molecular flexibility index (Phi) is 6.23. The number of fused-ring (bicyclic) bond motifs is 1. The van der Waals surface area contributed by atoms with Gasteiger partial charge >= 0.3 is 5.69 Å². The summed E-state index contributed by atoms with van der Waals surface area (Å²) in [7, 11) is 0. The third kappa shape index (κ3) is 3.58. The van der Waals surface area contributed by atoms with Gasteiger partial charge in [-0.05, 0) is 32.4 Å². The first-order chi connectivity index (χ1) is 13.5. The van der Waals surface area contributed by atoms with Gasteiger partial charge in [0.05, 0.1) is 24.7 Å². The van der Waals surface area contributed by atoms with Crippen molar-refractivity contribution in [1.29, 1.82) is 0 Å². The van der Waals surface area contributed by atoms with Crippen LogP contribution in [0.15, 0.2) is 20.9 Å². The second kappa shape index (κ2) is 8.64. The van der Waals surface area contributed by atoms with Crippen LogP contribution in [-0.2, 0) is 4.79 Å². The minimum atomic E-state index is -0.470. The Balaban J connectivity index is 2.08. The van der Waals surface area contributed by atoms with Crippen molar-refractivity contribution >= 4 is 17.2 Å². The lowest BCUT2D eigenvalue weighted by Crippen LogP contribution is -2.56. The molecule has 0 aliphatic carbocycles. The Bertz CT molecular complexity index is 967. The fraction of sp³-hybridized carbons (Fsp3) is 0.667. The van der Waals surface area contributed by atoms with E-state index in [9.17, 15) is 14.4 Å². The van der Waals surface area contributed by atoms with Crippen molar-refractivity contribution in [2.45, 2.75) is 58.4 Å². The zero-order valence-corrected chi connectivity index (χ0v) is 16.5. The number of rotatable bonds is 7. The molecule has 3 rings (SSSR count). The zero-order chi connectivity index (χ0) is 20.3. The highest BCUT2D eigenvalue weighted by molar-refractivity contribution is 5.68. The van der Waals surface area contributed by atoms with E-state index >= 15 is 0 Å². The number of aromatic amines is 2. The van der Waals surface area contributed by atoms with Gasteiger partial charge in [0.15, 0.2) is 5.65 Å². The molecule has 0 amide bonds. The molecule has 1 aliphatic rings. The third-order valence-corrected chi connectivity index (χ3v) is 5.62. The topological polar surface area (TPSA) is 119 Å². The molecule has 0 bridgehead atoms. The standard InChI is InChI=1S/C18H27N7O3/c1-4-13(25-16-15(19-10-20-16)17(27)22-18(25)28)24-8-7-12(21-11-26)9-14(24)23(5-2)6-3/h10,12-14H,4-9H2,1-3H3,(H,19,20)(H,22,27,28). The number of hydrogen-bond acceptors (Lipinski definition) is 7. The molecule has 1 saturated heterocycles. The number of isocyanates is 1. The Hall–Kier alpha value is -2.55. The Morgan fingerprint density at radius 1 is 1.36 bits per heavy atom. The molecule has 3 heterocycles. The smallest absolute Gasteiger partial charge is 0.331 e. The molecule has 3 unspecified atom stereocenters. The van der Waals surface area contributed by atoms with Gasteiger partial charge in [0.2, 0.25) is 6.08 Å². The molecule has 1 aliphatic heterocycles. The SMILES string of the molecule is CCC(N1CCC(N=C=O)CC1N(CC)CC)n1c(=O)[nH]c(=O)c2[nH]cnc21. The number of nitrogens with zero attached hydrogens (tertiary/aromatic N) is 5. The minimum absolute atomic E-state index is 0.0172. The normalized spacial score (nSPS) is 21.7. The van der Waals surface area contributed by atoms with E-state index in [4.69, 9.17) is 0 Å². The van der Waals surface area contributed by atoms with Crippen LogP contribution < -0.4 is 11.2 Å². The van der Waals surface area contributed by atoms with Crippen molar-refractivity contribution in [1.82, 2.24) is 29.3 Å². The molecule has 3 atom stereocenters. The maximum atomic E-state index is 12.7. The monoisotopic (exact) mass is 389 g/mol. The summed E-state index contributed by atoms with van der Waals surface area (Å²) in [6, 6.07) is -0.0745. The van der Waals surface area contributed by atoms with Crippen molar-refractivity contribution in [3.05, 3.63) is 27.2 Å². The van der Waals surface area contributed by atoms with Crippen molar-refractivity contribution in [2.24, 2.45) is 4.99 Å². The molecule has 10 nitrogen and oxygen atoms in total. The number of aromatic nitrogens is 4. The number of hydrogen-bond donors (Lipinski definition) is 2. The molecule has 2 aromatic heterocycles. The van der Waals surface area contributed by atoms with Crippen molar-refractivity contribution in [3.63, 3.8) is 0 Å². The van der Waals surface area contributed by atoms with E-state index in [1.807, 2.05) is 6.92 Å². The Morgan fingerprint density at radius 3 is 2.75 bits per heavy atom. The molecule has 0 saturated carbocycles. The number of H-pyrrole nitrogens is 2. The van der Waals surface area contributed by atoms with Crippen LogP contribution >= 0.6 is 0 Å². The molecule has 2 N–H and O–H groups in total. The molecule has 10 heteroatoms. The lowest BCUT2D eigenvalue weighted by molar-refractivity contribution is -0.0395. The van der Waals surface area contributed by atoms with E-state index in [1.54, 1.807) is 10.6 Å². The maximum Gasteiger partial charge on any atom is 0.331 e. The number of carbonyl (C=O) groups excluding carboxylic acids is 1. The third-order valence-electron chi connectivity index (χ3n) is 5.62. The summed E-state index contributed by atoms with van der Waals surface area (Å²) in [5.41, 5.74) is -0.296. The first-order valence-corrected chi connectivity index (χ1v) is 9.80. The van der Waals surface area contributed by atoms with Gasteiger partial charge in [-0.25, -0.2) is 19.6 Å². The van der Waals surface area contributed by atoms with Gasteiger partial charge < -0.3 is 4.98 Å². The quantitative estimate of drug-likeness (QED) is 0.534. The lowest BCUT2D eigenvalue weighted by Gasteiger charge is -2.47. The number of likely N-dealkylation sites (tertiary alicyclic amines) is 1. The Labute approximate surface area is 162 Å². The minimum Gasteiger partial charge on any atom is -0.339 e. The summed E-state index contributed by atoms with van der Waals surface area (Å²) in [4.78, 5) is 53.5. The van der Waals surface area contributed by atoms with E-state index in [1.165, 1.54) is 6.33 Å². The largest absolute Gasteiger partial charge is 0.339 e. The van der Waals surface area contributed by atoms with E-state index in [2.05, 4.69) is 43.6 Å². The van der Waals surface area contributed by atoms with Crippen molar-refractivity contribution in [3.8, 4) is 0 Å². The van der Waals surface area contributed by atoms with Gasteiger partial charge in [0.25, 0.3) is 5.56 Å². The second-order valence-corrected chi connectivity index (χ2v) is 6.96. The summed E-state index contributed by atoms with van der Waals surface area (Å²) < 4.78 is 1.56. The van der Waals surface area contributed by atoms with Crippen LogP contribution in [0.5, 0.6) is 0 Å². The number of imidazole rings is 1. The highest BCUT2D eigenvalue weighted by Crippen LogP contribution is 2.30. The van der Waals surface area contributed by atoms with Crippen LogP contribution in [0.2, 0.25) is 0 Å². The van der Waals surface area contributed by atoms with Gasteiger partial charge in [-0.1, -0.05) is 20.8 Å². The molecule has 0 spiro atoms. The maximum absolute atomic E-state index is 12.7. The van der Waals surface area contributed by atoms with E-state index < -0.39 is 11.2 Å². The van der Waals surface area contributed by atoms with Crippen LogP contribution in [0.25, 0.3) is 11.2 Å². The molecule has 2 aromatic rings. The van der Waals surface area contributed by atoms with Crippen LogP contribution in [0.4, 0.5) is 0 Å². The van der Waals surface area contributed by atoms with Crippen LogP contribution in [0.1, 0.15) is 46.2 Å². The van der Waals surface area contributed by atoms with Gasteiger partial charge in [-0.3, -0.25) is 24.1 Å². The Morgan fingerprint density at radius 2 is 2.11 bits per heavy atom. The molecular weight excluding hydrogens is 362 g/mol. The van der Waals surface area contributed by atoms with Crippen LogP contribution in [-0.4, -0.2) is 67.2 Å². The fourth-order valence-corrected chi connectivity index (χ4v) is 4.28. The van der Waals surface area contributed by atoms with Crippen molar-refractivity contribution < 1.29 is 4.79 Å². The molecule has 0 aromatic carbocycles. The van der Waals surface area contributed by atoms with Crippen molar-refractivity contribution in [2.75, 3.05) is 19.6 Å². The summed E-state index contributed by atoms with van der Waals surface area (Å²) >= 11 is 0. The average molecular weight is 389 g/mol. The summed E-state index contributed by atoms with van der Waals surface area (Å²) in [5.74, 6) is 0. The first kappa shape index (κ1) is 20.2. The molecule has 1 fully saturated rings. The predicted octanol–water partition coefficient (Wildman–Crippen LogP) is 0.790. The molecule has 0 radical (unpaired) electrons. The van der Waals surface area contributed by atoms with Crippen LogP contribution in [0.3, 0.4) is 0 Å². The van der Waals surface area contributed by atoms with Crippen LogP contribution in [0, 0.1) is 0 Å². The number of aliphatic imine (C=N–C) groups is 1. The summed E-state index contributed by atoms with van der Waals surface area (Å²) in [6.45, 7) is 8.54. The van der Waals surface area contributed by atoms with Gasteiger partial charge in [0.1, 0.15) is 5.52 Å². The molecule has 152 valence electrons. The average Bonchev–Trinajstić information content (AvgIpc) is 3.17. The van der Waals surface area contributed by atoms with E-state index in [0.717, 1.165) is 13.1 Å². The van der Waals surface area contributed by atoms with E-state index in [0.29, 0.717) is 31.5 Å².